The number of amides is 1. The standard InChI is InChI=1S/C61H112N2O5/c1-10-14-18-22-24-28-33-48(31-26-20-16-12-3)58(65)67-51-39-41-60(6)50(45-51)46-55(68-59(66)49(32-27-21-17-13-4)34-29-25-23-19-15-11-2)57-53-37-36-52(61(53,7)42-40-54(57)60)47(5)35-38-56(64)62-43-30-44-63(8)9/h47-55,57H,10-46H2,1-9H3,(H,62,64)/t47-,48?,49?,50+,51-,52-,53+,54+,55+,57+,60+,61-/m1/s1. The van der Waals surface area contributed by atoms with Gasteiger partial charge in [0.05, 0.1) is 11.8 Å². The molecule has 0 saturated heterocycles. The molecule has 7 heteroatoms. The number of hydrogen-bond donors (Lipinski definition) is 1. The van der Waals surface area contributed by atoms with Crippen molar-refractivity contribution >= 4 is 17.8 Å². The Morgan fingerprint density at radius 3 is 1.60 bits per heavy atom. The average molecular weight is 954 g/mol. The molecule has 4 aliphatic rings. The highest BCUT2D eigenvalue weighted by Crippen LogP contribution is 2.69. The van der Waals surface area contributed by atoms with Crippen LogP contribution in [0, 0.1) is 58.2 Å². The van der Waals surface area contributed by atoms with E-state index in [9.17, 15) is 14.4 Å². The molecule has 0 heterocycles. The SMILES string of the molecule is CCCCCCCCC(CCCCCC)C(=O)O[C@@H]1CC[C@@]2(C)[C@@H](C1)C[C@H](OC(=O)C(CCCCCC)CCCCCCCC)[C@@H]1[C@@H]2CC[C@]2(C)[C@@H]([C@H](C)CCC(=O)NCCCN(C)C)CC[C@@H]12. The number of unbranched alkanes of at least 4 members (excludes halogenated alkanes) is 16. The lowest BCUT2D eigenvalue weighted by Gasteiger charge is -2.63. The van der Waals surface area contributed by atoms with Crippen molar-refractivity contribution in [3.05, 3.63) is 0 Å². The minimum atomic E-state index is -0.0756. The Hall–Kier alpha value is -1.63. The van der Waals surface area contributed by atoms with Crippen molar-refractivity contribution in [2.75, 3.05) is 27.2 Å². The highest BCUT2D eigenvalue weighted by molar-refractivity contribution is 5.75. The first-order valence-electron chi connectivity index (χ1n) is 30.1. The van der Waals surface area contributed by atoms with E-state index in [2.05, 4.69) is 72.8 Å². The maximum Gasteiger partial charge on any atom is 0.309 e. The Bertz CT molecular complexity index is 1400. The lowest BCUT2D eigenvalue weighted by atomic mass is 9.43. The molecule has 396 valence electrons. The van der Waals surface area contributed by atoms with Gasteiger partial charge in [-0.15, -0.1) is 0 Å². The van der Waals surface area contributed by atoms with Crippen molar-refractivity contribution in [2.45, 2.75) is 285 Å². The zero-order valence-electron chi connectivity index (χ0n) is 46.4. The van der Waals surface area contributed by atoms with E-state index in [0.717, 1.165) is 103 Å². The van der Waals surface area contributed by atoms with Gasteiger partial charge >= 0.3 is 11.9 Å². The predicted molar refractivity (Wildman–Crippen MR) is 285 cm³/mol. The third kappa shape index (κ3) is 18.1. The van der Waals surface area contributed by atoms with Gasteiger partial charge in [0.1, 0.15) is 12.2 Å². The zero-order valence-corrected chi connectivity index (χ0v) is 46.4. The van der Waals surface area contributed by atoms with Gasteiger partial charge in [-0.3, -0.25) is 14.4 Å². The third-order valence-corrected chi connectivity index (χ3v) is 19.1. The Labute approximate surface area is 421 Å². The molecule has 4 saturated carbocycles. The maximum absolute atomic E-state index is 14.8. The van der Waals surface area contributed by atoms with Gasteiger partial charge in [0.15, 0.2) is 0 Å². The van der Waals surface area contributed by atoms with Crippen molar-refractivity contribution in [3.63, 3.8) is 0 Å². The van der Waals surface area contributed by atoms with Crippen LogP contribution in [0.5, 0.6) is 0 Å². The first-order chi connectivity index (χ1) is 32.8. The number of nitrogens with zero attached hydrogens (tertiary/aromatic N) is 1. The molecule has 0 aliphatic heterocycles. The van der Waals surface area contributed by atoms with Gasteiger partial charge in [-0.1, -0.05) is 177 Å². The molecule has 0 aromatic carbocycles. The molecular formula is C61H112N2O5. The fourth-order valence-corrected chi connectivity index (χ4v) is 14.9. The van der Waals surface area contributed by atoms with Crippen molar-refractivity contribution in [1.82, 2.24) is 10.2 Å². The quantitative estimate of drug-likeness (QED) is 0.0497. The maximum atomic E-state index is 14.8. The molecule has 7 nitrogen and oxygen atoms in total. The first kappa shape index (κ1) is 58.9. The van der Waals surface area contributed by atoms with E-state index in [4.69, 9.17) is 9.47 Å². The van der Waals surface area contributed by atoms with Crippen molar-refractivity contribution < 1.29 is 23.9 Å². The fourth-order valence-electron chi connectivity index (χ4n) is 14.9. The summed E-state index contributed by atoms with van der Waals surface area (Å²) in [6.07, 6.45) is 39.5. The summed E-state index contributed by atoms with van der Waals surface area (Å²) in [7, 11) is 4.17. The normalized spacial score (nSPS) is 29.1. The Morgan fingerprint density at radius 1 is 0.574 bits per heavy atom. The van der Waals surface area contributed by atoms with Crippen LogP contribution in [0.25, 0.3) is 0 Å². The summed E-state index contributed by atoms with van der Waals surface area (Å²) < 4.78 is 13.8. The second-order valence-electron chi connectivity index (χ2n) is 24.5. The molecule has 4 aliphatic carbocycles. The molecule has 1 amide bonds. The average Bonchev–Trinajstić information content (AvgIpc) is 3.68. The molecular weight excluding hydrogens is 841 g/mol. The largest absolute Gasteiger partial charge is 0.462 e. The zero-order chi connectivity index (χ0) is 49.4. The Morgan fingerprint density at radius 2 is 1.06 bits per heavy atom. The summed E-state index contributed by atoms with van der Waals surface area (Å²) in [5.41, 5.74) is 0.339. The highest BCUT2D eigenvalue weighted by Gasteiger charge is 2.64. The van der Waals surface area contributed by atoms with E-state index < -0.39 is 0 Å². The molecule has 4 rings (SSSR count). The third-order valence-electron chi connectivity index (χ3n) is 19.1. The number of fused-ring (bicyclic) bond motifs is 5. The summed E-state index contributed by atoms with van der Waals surface area (Å²) in [4.78, 5) is 44.2. The summed E-state index contributed by atoms with van der Waals surface area (Å²) in [5.74, 6) is 3.22. The van der Waals surface area contributed by atoms with Crippen LogP contribution >= 0.6 is 0 Å². The lowest BCUT2D eigenvalue weighted by molar-refractivity contribution is -0.201. The summed E-state index contributed by atoms with van der Waals surface area (Å²) in [5, 5.41) is 3.20. The van der Waals surface area contributed by atoms with Crippen LogP contribution in [0.15, 0.2) is 0 Å². The second kappa shape index (κ2) is 31.7. The number of hydrogen-bond acceptors (Lipinski definition) is 6. The minimum Gasteiger partial charge on any atom is -0.462 e. The van der Waals surface area contributed by atoms with Crippen molar-refractivity contribution in [1.29, 1.82) is 0 Å². The Kier molecular flexibility index (Phi) is 27.5. The first-order valence-corrected chi connectivity index (χ1v) is 30.1. The van der Waals surface area contributed by atoms with Crippen LogP contribution in [-0.2, 0) is 23.9 Å². The second-order valence-corrected chi connectivity index (χ2v) is 24.5. The van der Waals surface area contributed by atoms with Crippen LogP contribution in [0.1, 0.15) is 273 Å². The number of nitrogens with one attached hydrogen (secondary N) is 1. The molecule has 0 bridgehead atoms. The molecule has 68 heavy (non-hydrogen) atoms. The van der Waals surface area contributed by atoms with E-state index in [1.165, 1.54) is 128 Å². The molecule has 4 fully saturated rings. The fraction of sp³-hybridized carbons (Fsp3) is 0.951. The van der Waals surface area contributed by atoms with Gasteiger partial charge in [-0.05, 0) is 151 Å². The van der Waals surface area contributed by atoms with Crippen LogP contribution in [0.4, 0.5) is 0 Å². The van der Waals surface area contributed by atoms with Crippen LogP contribution < -0.4 is 5.32 Å². The van der Waals surface area contributed by atoms with Gasteiger partial charge < -0.3 is 19.7 Å². The topological polar surface area (TPSA) is 84.9 Å². The molecule has 2 unspecified atom stereocenters. The van der Waals surface area contributed by atoms with Crippen LogP contribution in [0.2, 0.25) is 0 Å². The van der Waals surface area contributed by atoms with Gasteiger partial charge in [0.2, 0.25) is 5.91 Å². The minimum absolute atomic E-state index is 0.00823. The van der Waals surface area contributed by atoms with E-state index in [1.807, 2.05) is 0 Å². The molecule has 0 aromatic heterocycles. The van der Waals surface area contributed by atoms with Gasteiger partial charge in [0, 0.05) is 18.9 Å². The van der Waals surface area contributed by atoms with E-state index in [-0.39, 0.29) is 52.7 Å². The molecule has 0 aromatic rings. The van der Waals surface area contributed by atoms with E-state index >= 15 is 0 Å². The summed E-state index contributed by atoms with van der Waals surface area (Å²) >= 11 is 0. The monoisotopic (exact) mass is 953 g/mol. The molecule has 1 N–H and O–H groups in total. The lowest BCUT2D eigenvalue weighted by Crippen LogP contribution is -2.59. The molecule has 0 radical (unpaired) electrons. The van der Waals surface area contributed by atoms with Crippen molar-refractivity contribution in [3.8, 4) is 0 Å². The van der Waals surface area contributed by atoms with Crippen LogP contribution in [0.3, 0.4) is 0 Å². The molecule has 12 atom stereocenters. The summed E-state index contributed by atoms with van der Waals surface area (Å²) in [6, 6.07) is 0. The molecule has 0 spiro atoms. The number of esters is 2. The van der Waals surface area contributed by atoms with Gasteiger partial charge in [-0.25, -0.2) is 0 Å². The van der Waals surface area contributed by atoms with Gasteiger partial charge in [0.25, 0.3) is 0 Å². The Balaban J connectivity index is 1.53. The van der Waals surface area contributed by atoms with E-state index in [1.54, 1.807) is 0 Å². The number of carbonyl (C=O) groups is 3. The predicted octanol–water partition coefficient (Wildman–Crippen LogP) is 16.2. The van der Waals surface area contributed by atoms with Crippen molar-refractivity contribution in [2.24, 2.45) is 58.2 Å². The number of carbonyl (C=O) groups excluding carboxylic acids is 3. The number of rotatable bonds is 36. The number of ether oxygens (including phenoxy) is 2. The smallest absolute Gasteiger partial charge is 0.309 e. The summed E-state index contributed by atoms with van der Waals surface area (Å²) in [6.45, 7) is 18.5. The van der Waals surface area contributed by atoms with Gasteiger partial charge in [-0.2, -0.15) is 0 Å². The van der Waals surface area contributed by atoms with Crippen LogP contribution in [-0.4, -0.2) is 62.1 Å². The van der Waals surface area contributed by atoms with E-state index in [0.29, 0.717) is 41.9 Å². The highest BCUT2D eigenvalue weighted by atomic mass is 16.5.